The van der Waals surface area contributed by atoms with E-state index in [1.54, 1.807) is 0 Å². The fourth-order valence-corrected chi connectivity index (χ4v) is 2.40. The number of pyridine rings is 1. The van der Waals surface area contributed by atoms with Crippen molar-refractivity contribution in [2.24, 2.45) is 11.8 Å². The number of nitrogens with zero attached hydrogens (tertiary/aromatic N) is 1. The molecule has 1 aromatic heterocycles. The number of unbranched alkanes of at least 4 members (excludes halogenated alkanes) is 1. The lowest BCUT2D eigenvalue weighted by Crippen LogP contribution is -2.38. The highest BCUT2D eigenvalue weighted by Gasteiger charge is 2.14. The van der Waals surface area contributed by atoms with Gasteiger partial charge in [-0.3, -0.25) is 16.3 Å². The van der Waals surface area contributed by atoms with Crippen LogP contribution in [0.4, 0.5) is 0 Å². The highest BCUT2D eigenvalue weighted by Crippen LogP contribution is 2.19. The minimum Gasteiger partial charge on any atom is -0.271 e. The Morgan fingerprint density at radius 3 is 2.78 bits per heavy atom. The van der Waals surface area contributed by atoms with Gasteiger partial charge in [0.1, 0.15) is 0 Å². The maximum atomic E-state index is 5.68. The van der Waals surface area contributed by atoms with Crippen LogP contribution in [0.1, 0.15) is 51.5 Å². The quantitative estimate of drug-likeness (QED) is 0.522. The second-order valence-corrected chi connectivity index (χ2v) is 5.08. The zero-order valence-corrected chi connectivity index (χ0v) is 11.7. The van der Waals surface area contributed by atoms with Crippen molar-refractivity contribution in [2.75, 3.05) is 0 Å². The second-order valence-electron chi connectivity index (χ2n) is 5.08. The van der Waals surface area contributed by atoms with Crippen molar-refractivity contribution in [1.29, 1.82) is 0 Å². The molecule has 0 aliphatic heterocycles. The van der Waals surface area contributed by atoms with E-state index in [0.29, 0.717) is 6.04 Å². The van der Waals surface area contributed by atoms with Crippen molar-refractivity contribution < 1.29 is 0 Å². The monoisotopic (exact) mass is 249 g/mol. The molecule has 102 valence electrons. The maximum absolute atomic E-state index is 5.68. The molecular weight excluding hydrogens is 222 g/mol. The van der Waals surface area contributed by atoms with Crippen molar-refractivity contribution in [1.82, 2.24) is 10.4 Å². The molecule has 0 aliphatic rings. The zero-order valence-electron chi connectivity index (χ0n) is 11.7. The van der Waals surface area contributed by atoms with Gasteiger partial charge in [-0.2, -0.15) is 0 Å². The molecule has 3 nitrogen and oxygen atoms in total. The van der Waals surface area contributed by atoms with Crippen LogP contribution in [0.15, 0.2) is 24.5 Å². The number of nitrogens with two attached hydrogens (primary N) is 1. The van der Waals surface area contributed by atoms with E-state index >= 15 is 0 Å². The zero-order chi connectivity index (χ0) is 13.2. The average Bonchev–Trinajstić information content (AvgIpc) is 2.43. The molecule has 0 saturated carbocycles. The summed E-state index contributed by atoms with van der Waals surface area (Å²) in [6.07, 6.45) is 11.0. The van der Waals surface area contributed by atoms with Crippen LogP contribution < -0.4 is 11.3 Å². The summed E-state index contributed by atoms with van der Waals surface area (Å²) in [6, 6.07) is 4.46. The van der Waals surface area contributed by atoms with Gasteiger partial charge in [0.25, 0.3) is 0 Å². The van der Waals surface area contributed by atoms with E-state index in [0.717, 1.165) is 18.8 Å². The van der Waals surface area contributed by atoms with Gasteiger partial charge in [0.15, 0.2) is 0 Å². The lowest BCUT2D eigenvalue weighted by Gasteiger charge is -2.22. The number of rotatable bonds is 9. The number of aromatic nitrogens is 1. The Hall–Kier alpha value is -0.930. The van der Waals surface area contributed by atoms with Crippen LogP contribution in [-0.2, 0) is 6.42 Å². The third-order valence-corrected chi connectivity index (χ3v) is 3.60. The van der Waals surface area contributed by atoms with Gasteiger partial charge in [0.05, 0.1) is 0 Å². The molecule has 0 radical (unpaired) electrons. The van der Waals surface area contributed by atoms with E-state index in [1.807, 2.05) is 18.5 Å². The van der Waals surface area contributed by atoms with Gasteiger partial charge in [-0.1, -0.05) is 45.6 Å². The summed E-state index contributed by atoms with van der Waals surface area (Å²) in [7, 11) is 0. The summed E-state index contributed by atoms with van der Waals surface area (Å²) in [6.45, 7) is 4.53. The molecule has 0 aromatic carbocycles. The van der Waals surface area contributed by atoms with Crippen LogP contribution in [0.2, 0.25) is 0 Å². The fraction of sp³-hybridized carbons (Fsp3) is 0.667. The molecule has 0 amide bonds. The molecule has 2 atom stereocenters. The molecule has 1 aromatic rings. The fourth-order valence-electron chi connectivity index (χ4n) is 2.40. The number of hydrazine groups is 1. The van der Waals surface area contributed by atoms with Crippen molar-refractivity contribution >= 4 is 0 Å². The standard InChI is InChI=1S/C15H27N3/c1-3-5-7-13(4-2)10-15(18-16)11-14-8-6-9-17-12-14/h6,8-9,12-13,15,18H,3-5,7,10-11,16H2,1-2H3. The Balaban J connectivity index is 2.45. The summed E-state index contributed by atoms with van der Waals surface area (Å²) in [5.74, 6) is 6.46. The molecular formula is C15H27N3. The SMILES string of the molecule is CCCCC(CC)CC(Cc1cccnc1)NN. The predicted octanol–water partition coefficient (Wildman–Crippen LogP) is 3.06. The molecule has 2 unspecified atom stereocenters. The third-order valence-electron chi connectivity index (χ3n) is 3.60. The molecule has 0 fully saturated rings. The van der Waals surface area contributed by atoms with Crippen LogP contribution >= 0.6 is 0 Å². The van der Waals surface area contributed by atoms with Gasteiger partial charge >= 0.3 is 0 Å². The summed E-state index contributed by atoms with van der Waals surface area (Å²) >= 11 is 0. The largest absolute Gasteiger partial charge is 0.271 e. The Bertz CT molecular complexity index is 300. The molecule has 0 aliphatic carbocycles. The first-order valence-corrected chi connectivity index (χ1v) is 7.15. The summed E-state index contributed by atoms with van der Waals surface area (Å²) in [4.78, 5) is 4.15. The number of hydrogen-bond donors (Lipinski definition) is 2. The maximum Gasteiger partial charge on any atom is 0.0300 e. The molecule has 0 saturated heterocycles. The minimum absolute atomic E-state index is 0.357. The van der Waals surface area contributed by atoms with E-state index in [9.17, 15) is 0 Å². The van der Waals surface area contributed by atoms with Crippen LogP contribution in [0, 0.1) is 5.92 Å². The molecule has 3 heteroatoms. The average molecular weight is 249 g/mol. The molecule has 1 heterocycles. The smallest absolute Gasteiger partial charge is 0.0300 e. The summed E-state index contributed by atoms with van der Waals surface area (Å²) in [5, 5.41) is 0. The first-order chi connectivity index (χ1) is 8.80. The number of nitrogens with one attached hydrogen (secondary N) is 1. The summed E-state index contributed by atoms with van der Waals surface area (Å²) < 4.78 is 0. The lowest BCUT2D eigenvalue weighted by molar-refractivity contribution is 0.349. The molecule has 3 N–H and O–H groups in total. The lowest BCUT2D eigenvalue weighted by atomic mass is 9.90. The van der Waals surface area contributed by atoms with E-state index in [-0.39, 0.29) is 0 Å². The van der Waals surface area contributed by atoms with E-state index in [2.05, 4.69) is 30.3 Å². The minimum atomic E-state index is 0.357. The van der Waals surface area contributed by atoms with Gasteiger partial charge in [0, 0.05) is 18.4 Å². The predicted molar refractivity (Wildman–Crippen MR) is 77.0 cm³/mol. The van der Waals surface area contributed by atoms with Gasteiger partial charge in [-0.05, 0) is 30.4 Å². The Kier molecular flexibility index (Phi) is 7.62. The topological polar surface area (TPSA) is 50.9 Å². The van der Waals surface area contributed by atoms with Gasteiger partial charge < -0.3 is 0 Å². The molecule has 18 heavy (non-hydrogen) atoms. The second kappa shape index (κ2) is 9.06. The van der Waals surface area contributed by atoms with Crippen LogP contribution in [0.3, 0.4) is 0 Å². The Labute approximate surface area is 111 Å². The molecule has 1 rings (SSSR count). The molecule has 0 spiro atoms. The van der Waals surface area contributed by atoms with Crippen molar-refractivity contribution in [3.8, 4) is 0 Å². The van der Waals surface area contributed by atoms with E-state index < -0.39 is 0 Å². The van der Waals surface area contributed by atoms with Crippen molar-refractivity contribution in [3.63, 3.8) is 0 Å². The summed E-state index contributed by atoms with van der Waals surface area (Å²) in [5.41, 5.74) is 4.22. The van der Waals surface area contributed by atoms with E-state index in [1.165, 1.54) is 31.2 Å². The van der Waals surface area contributed by atoms with Crippen molar-refractivity contribution in [2.45, 2.75) is 58.4 Å². The Morgan fingerprint density at radius 1 is 1.39 bits per heavy atom. The van der Waals surface area contributed by atoms with Crippen LogP contribution in [0.5, 0.6) is 0 Å². The first kappa shape index (κ1) is 15.1. The van der Waals surface area contributed by atoms with Crippen LogP contribution in [0.25, 0.3) is 0 Å². The molecule has 0 bridgehead atoms. The van der Waals surface area contributed by atoms with Gasteiger partial charge in [-0.25, -0.2) is 0 Å². The van der Waals surface area contributed by atoms with E-state index in [4.69, 9.17) is 5.84 Å². The van der Waals surface area contributed by atoms with Gasteiger partial charge in [0.2, 0.25) is 0 Å². The normalized spacial score (nSPS) is 14.4. The van der Waals surface area contributed by atoms with Crippen LogP contribution in [-0.4, -0.2) is 11.0 Å². The number of hydrogen-bond acceptors (Lipinski definition) is 3. The first-order valence-electron chi connectivity index (χ1n) is 7.15. The van der Waals surface area contributed by atoms with Crippen molar-refractivity contribution in [3.05, 3.63) is 30.1 Å². The van der Waals surface area contributed by atoms with Gasteiger partial charge in [-0.15, -0.1) is 0 Å². The highest BCUT2D eigenvalue weighted by molar-refractivity contribution is 5.10. The Morgan fingerprint density at radius 2 is 2.22 bits per heavy atom. The third kappa shape index (κ3) is 5.61. The highest BCUT2D eigenvalue weighted by atomic mass is 15.2.